The molecule has 0 aromatic heterocycles. The van der Waals surface area contributed by atoms with Gasteiger partial charge in [0, 0.05) is 22.7 Å². The summed E-state index contributed by atoms with van der Waals surface area (Å²) in [6.07, 6.45) is 3.93. The van der Waals surface area contributed by atoms with Crippen molar-refractivity contribution in [2.24, 2.45) is 0 Å². The van der Waals surface area contributed by atoms with Crippen LogP contribution in [0.25, 0.3) is 0 Å². The zero-order chi connectivity index (χ0) is 14.5. The highest BCUT2D eigenvalue weighted by Gasteiger charge is 2.16. The van der Waals surface area contributed by atoms with E-state index in [2.05, 4.69) is 33.1 Å². The maximum absolute atomic E-state index is 10.9. The second-order valence-electron chi connectivity index (χ2n) is 5.33. The Morgan fingerprint density at radius 2 is 2.10 bits per heavy atom. The van der Waals surface area contributed by atoms with Crippen LogP contribution in [-0.4, -0.2) is 41.7 Å². The Labute approximate surface area is 128 Å². The molecule has 0 saturated carbocycles. The minimum absolute atomic E-state index is 0.298. The van der Waals surface area contributed by atoms with Crippen molar-refractivity contribution in [2.45, 2.75) is 32.2 Å². The van der Waals surface area contributed by atoms with E-state index in [0.717, 1.165) is 16.7 Å². The molecular weight excluding hydrogens is 320 g/mol. The standard InChI is InChI=1S/C15H21BrN2O2/c1-11(18-7-3-2-4-8-18)10-17-14-6-5-12(15(19)20)9-13(14)16/h5-6,9,11,17H,2-4,7-8,10H2,1H3,(H,19,20). The Kier molecular flexibility index (Phi) is 5.43. The lowest BCUT2D eigenvalue weighted by Crippen LogP contribution is -2.41. The first kappa shape index (κ1) is 15.3. The van der Waals surface area contributed by atoms with E-state index < -0.39 is 5.97 Å². The molecule has 0 radical (unpaired) electrons. The molecule has 1 aliphatic rings. The number of hydrogen-bond acceptors (Lipinski definition) is 3. The van der Waals surface area contributed by atoms with Gasteiger partial charge in [-0.05, 0) is 67.0 Å². The summed E-state index contributed by atoms with van der Waals surface area (Å²) in [6, 6.07) is 5.56. The van der Waals surface area contributed by atoms with Gasteiger partial charge >= 0.3 is 5.97 Å². The van der Waals surface area contributed by atoms with Crippen LogP contribution >= 0.6 is 15.9 Å². The van der Waals surface area contributed by atoms with Gasteiger partial charge < -0.3 is 10.4 Å². The summed E-state index contributed by atoms with van der Waals surface area (Å²) in [7, 11) is 0. The molecule has 0 aliphatic carbocycles. The number of aromatic carboxylic acids is 1. The van der Waals surface area contributed by atoms with E-state index in [-0.39, 0.29) is 0 Å². The molecule has 1 aliphatic heterocycles. The van der Waals surface area contributed by atoms with Crippen LogP contribution in [-0.2, 0) is 0 Å². The molecule has 1 aromatic rings. The molecule has 1 unspecified atom stereocenters. The van der Waals surface area contributed by atoms with Gasteiger partial charge in [-0.25, -0.2) is 4.79 Å². The number of rotatable bonds is 5. The maximum Gasteiger partial charge on any atom is 0.335 e. The summed E-state index contributed by atoms with van der Waals surface area (Å²) in [4.78, 5) is 13.4. The van der Waals surface area contributed by atoms with Gasteiger partial charge in [-0.1, -0.05) is 6.42 Å². The first-order chi connectivity index (χ1) is 9.58. The monoisotopic (exact) mass is 340 g/mol. The fourth-order valence-electron chi connectivity index (χ4n) is 2.54. The molecule has 5 heteroatoms. The first-order valence-electron chi connectivity index (χ1n) is 7.08. The van der Waals surface area contributed by atoms with Crippen LogP contribution in [0.5, 0.6) is 0 Å². The number of benzene rings is 1. The summed E-state index contributed by atoms with van der Waals surface area (Å²) < 4.78 is 0.795. The molecule has 1 saturated heterocycles. The quantitative estimate of drug-likeness (QED) is 0.862. The van der Waals surface area contributed by atoms with Gasteiger partial charge in [0.05, 0.1) is 5.56 Å². The van der Waals surface area contributed by atoms with Gasteiger partial charge in [0.15, 0.2) is 0 Å². The predicted molar refractivity (Wildman–Crippen MR) is 84.5 cm³/mol. The second kappa shape index (κ2) is 7.09. The van der Waals surface area contributed by atoms with Gasteiger partial charge in [0.2, 0.25) is 0 Å². The Morgan fingerprint density at radius 1 is 1.40 bits per heavy atom. The number of piperidine rings is 1. The highest BCUT2D eigenvalue weighted by molar-refractivity contribution is 9.10. The van der Waals surface area contributed by atoms with Crippen molar-refractivity contribution < 1.29 is 9.90 Å². The molecule has 1 heterocycles. The minimum Gasteiger partial charge on any atom is -0.478 e. The number of hydrogen-bond donors (Lipinski definition) is 2. The Balaban J connectivity index is 1.91. The third-order valence-electron chi connectivity index (χ3n) is 3.82. The maximum atomic E-state index is 10.9. The lowest BCUT2D eigenvalue weighted by atomic mass is 10.1. The average molecular weight is 341 g/mol. The van der Waals surface area contributed by atoms with E-state index >= 15 is 0 Å². The Hall–Kier alpha value is -1.07. The topological polar surface area (TPSA) is 52.6 Å². The molecule has 0 spiro atoms. The number of nitrogens with zero attached hydrogens (tertiary/aromatic N) is 1. The van der Waals surface area contributed by atoms with E-state index in [0.29, 0.717) is 11.6 Å². The van der Waals surface area contributed by atoms with Crippen molar-refractivity contribution in [3.8, 4) is 0 Å². The number of likely N-dealkylation sites (tertiary alicyclic amines) is 1. The predicted octanol–water partition coefficient (Wildman–Crippen LogP) is 3.43. The normalized spacial score (nSPS) is 17.7. The molecule has 1 aromatic carbocycles. The smallest absolute Gasteiger partial charge is 0.335 e. The minimum atomic E-state index is -0.904. The summed E-state index contributed by atoms with van der Waals surface area (Å²) >= 11 is 3.42. The van der Waals surface area contributed by atoms with E-state index in [4.69, 9.17) is 5.11 Å². The van der Waals surface area contributed by atoms with Crippen molar-refractivity contribution in [1.82, 2.24) is 4.90 Å². The van der Waals surface area contributed by atoms with Crippen LogP contribution in [0, 0.1) is 0 Å². The zero-order valence-corrected chi connectivity index (χ0v) is 13.3. The van der Waals surface area contributed by atoms with Crippen molar-refractivity contribution >= 4 is 27.6 Å². The number of anilines is 1. The molecule has 1 fully saturated rings. The van der Waals surface area contributed by atoms with Crippen LogP contribution in [0.2, 0.25) is 0 Å². The van der Waals surface area contributed by atoms with Gasteiger partial charge in [0.1, 0.15) is 0 Å². The van der Waals surface area contributed by atoms with Gasteiger partial charge in [-0.15, -0.1) is 0 Å². The third-order valence-corrected chi connectivity index (χ3v) is 4.47. The molecule has 110 valence electrons. The van der Waals surface area contributed by atoms with Gasteiger partial charge in [-0.3, -0.25) is 4.90 Å². The molecule has 4 nitrogen and oxygen atoms in total. The van der Waals surface area contributed by atoms with E-state index in [9.17, 15) is 4.79 Å². The summed E-state index contributed by atoms with van der Waals surface area (Å²) in [6.45, 7) is 5.47. The number of carboxylic acids is 1. The van der Waals surface area contributed by atoms with Crippen molar-refractivity contribution in [3.05, 3.63) is 28.2 Å². The van der Waals surface area contributed by atoms with Gasteiger partial charge in [-0.2, -0.15) is 0 Å². The molecule has 0 amide bonds. The number of nitrogens with one attached hydrogen (secondary N) is 1. The van der Waals surface area contributed by atoms with Crippen molar-refractivity contribution in [3.63, 3.8) is 0 Å². The van der Waals surface area contributed by atoms with Crippen LogP contribution in [0.4, 0.5) is 5.69 Å². The molecule has 20 heavy (non-hydrogen) atoms. The summed E-state index contributed by atoms with van der Waals surface area (Å²) in [5.74, 6) is -0.904. The van der Waals surface area contributed by atoms with E-state index in [1.807, 2.05) is 6.07 Å². The van der Waals surface area contributed by atoms with Crippen LogP contribution in [0.3, 0.4) is 0 Å². The first-order valence-corrected chi connectivity index (χ1v) is 7.88. The fraction of sp³-hybridized carbons (Fsp3) is 0.533. The lowest BCUT2D eigenvalue weighted by Gasteiger charge is -2.32. The number of carbonyl (C=O) groups is 1. The van der Waals surface area contributed by atoms with Gasteiger partial charge in [0.25, 0.3) is 0 Å². The second-order valence-corrected chi connectivity index (χ2v) is 6.18. The highest BCUT2D eigenvalue weighted by Crippen LogP contribution is 2.24. The van der Waals surface area contributed by atoms with Crippen molar-refractivity contribution in [2.75, 3.05) is 25.0 Å². The van der Waals surface area contributed by atoms with Crippen molar-refractivity contribution in [1.29, 1.82) is 0 Å². The third kappa shape index (κ3) is 3.96. The van der Waals surface area contributed by atoms with E-state index in [1.165, 1.54) is 32.4 Å². The largest absolute Gasteiger partial charge is 0.478 e. The fourth-order valence-corrected chi connectivity index (χ4v) is 3.06. The molecule has 1 atom stereocenters. The zero-order valence-electron chi connectivity index (χ0n) is 11.7. The van der Waals surface area contributed by atoms with Crippen LogP contribution in [0.1, 0.15) is 36.5 Å². The molecule has 2 N–H and O–H groups in total. The number of halogens is 1. The molecule has 0 bridgehead atoms. The lowest BCUT2D eigenvalue weighted by molar-refractivity contribution is 0.0697. The van der Waals surface area contributed by atoms with Crippen LogP contribution in [0.15, 0.2) is 22.7 Å². The average Bonchev–Trinajstić information content (AvgIpc) is 2.46. The Morgan fingerprint density at radius 3 is 2.70 bits per heavy atom. The number of carboxylic acid groups (broad SMARTS) is 1. The molecule has 2 rings (SSSR count). The summed E-state index contributed by atoms with van der Waals surface area (Å²) in [5.41, 5.74) is 1.24. The Bertz CT molecular complexity index is 473. The highest BCUT2D eigenvalue weighted by atomic mass is 79.9. The van der Waals surface area contributed by atoms with E-state index in [1.54, 1.807) is 12.1 Å². The molecular formula is C15H21BrN2O2. The summed E-state index contributed by atoms with van der Waals surface area (Å²) in [5, 5.41) is 12.3. The van der Waals surface area contributed by atoms with Crippen LogP contribution < -0.4 is 5.32 Å². The SMILES string of the molecule is CC(CNc1ccc(C(=O)O)cc1Br)N1CCCCC1.